The molecule has 2 aromatic heterocycles. The molecule has 138 valence electrons. The van der Waals surface area contributed by atoms with Crippen molar-refractivity contribution in [3.8, 4) is 11.3 Å². The van der Waals surface area contributed by atoms with Gasteiger partial charge in [0.15, 0.2) is 5.58 Å². The summed E-state index contributed by atoms with van der Waals surface area (Å²) in [6, 6.07) is 21.3. The summed E-state index contributed by atoms with van der Waals surface area (Å²) < 4.78 is 19.5. The molecule has 0 saturated carbocycles. The van der Waals surface area contributed by atoms with Gasteiger partial charge in [-0.15, -0.1) is 0 Å². The third-order valence-electron chi connectivity index (χ3n) is 5.29. The number of aromatic nitrogens is 1. The molecule has 0 unspecified atom stereocenters. The van der Waals surface area contributed by atoms with Gasteiger partial charge in [0.2, 0.25) is 0 Å². The van der Waals surface area contributed by atoms with Crippen LogP contribution in [-0.4, -0.2) is 4.98 Å². The number of pyridine rings is 1. The van der Waals surface area contributed by atoms with Crippen LogP contribution in [0.5, 0.6) is 0 Å². The molecule has 3 heteroatoms. The number of nitrogens with zero attached hydrogens (tertiary/aromatic N) is 1. The zero-order valence-electron chi connectivity index (χ0n) is 16.1. The second-order valence-electron chi connectivity index (χ2n) is 8.27. The van der Waals surface area contributed by atoms with Crippen molar-refractivity contribution in [1.29, 1.82) is 0 Å². The number of benzene rings is 3. The van der Waals surface area contributed by atoms with E-state index in [2.05, 4.69) is 51.1 Å². The summed E-state index contributed by atoms with van der Waals surface area (Å²) in [4.78, 5) is 4.86. The van der Waals surface area contributed by atoms with Crippen LogP contribution in [0.2, 0.25) is 0 Å². The average Bonchev–Trinajstić information content (AvgIpc) is 3.07. The zero-order chi connectivity index (χ0) is 19.5. The van der Waals surface area contributed by atoms with Crippen LogP contribution in [-0.2, 0) is 5.41 Å². The number of halogens is 1. The molecule has 0 spiro atoms. The first kappa shape index (κ1) is 16.9. The van der Waals surface area contributed by atoms with Crippen LogP contribution in [0.25, 0.3) is 43.9 Å². The van der Waals surface area contributed by atoms with E-state index in [1.807, 2.05) is 30.3 Å². The minimum atomic E-state index is -0.591. The highest BCUT2D eigenvalue weighted by Gasteiger charge is 2.21. The van der Waals surface area contributed by atoms with Gasteiger partial charge in [0.25, 0.3) is 6.01 Å². The molecule has 2 heterocycles. The highest BCUT2D eigenvalue weighted by Crippen LogP contribution is 2.38. The number of para-hydroxylation sites is 1. The van der Waals surface area contributed by atoms with Gasteiger partial charge in [-0.05, 0) is 39.9 Å². The van der Waals surface area contributed by atoms with Crippen LogP contribution in [0.1, 0.15) is 26.3 Å². The summed E-state index contributed by atoms with van der Waals surface area (Å²) in [6.45, 7) is 6.61. The van der Waals surface area contributed by atoms with E-state index in [-0.39, 0.29) is 5.41 Å². The predicted octanol–water partition coefficient (Wildman–Crippen LogP) is 7.24. The Labute approximate surface area is 162 Å². The Morgan fingerprint density at radius 1 is 0.821 bits per heavy atom. The van der Waals surface area contributed by atoms with E-state index in [1.54, 1.807) is 0 Å². The third kappa shape index (κ3) is 2.58. The Kier molecular flexibility index (Phi) is 3.57. The van der Waals surface area contributed by atoms with E-state index in [1.165, 1.54) is 17.0 Å². The second kappa shape index (κ2) is 5.90. The highest BCUT2D eigenvalue weighted by molar-refractivity contribution is 6.09. The van der Waals surface area contributed by atoms with Crippen molar-refractivity contribution in [2.24, 2.45) is 0 Å². The molecular weight excluding hydrogens is 349 g/mol. The Balaban J connectivity index is 1.91. The molecular formula is C25H20FNO. The van der Waals surface area contributed by atoms with E-state index in [0.29, 0.717) is 11.3 Å². The quantitative estimate of drug-likeness (QED) is 0.311. The van der Waals surface area contributed by atoms with Gasteiger partial charge in [0.05, 0.1) is 5.52 Å². The summed E-state index contributed by atoms with van der Waals surface area (Å²) in [6.07, 6.45) is 0. The molecule has 0 aliphatic carbocycles. The Bertz CT molecular complexity index is 1360. The maximum atomic E-state index is 14.1. The normalized spacial score (nSPS) is 12.3. The van der Waals surface area contributed by atoms with Crippen LogP contribution < -0.4 is 0 Å². The van der Waals surface area contributed by atoms with Crippen molar-refractivity contribution in [3.63, 3.8) is 0 Å². The standard InChI is InChI=1S/C25H20FNO/c1-25(2,3)20-13-16(12-15-8-4-5-9-17(15)20)23-24-19(14-22(26)28-24)18-10-6-7-11-21(18)27-23/h4-14H,1-3H3. The van der Waals surface area contributed by atoms with Gasteiger partial charge >= 0.3 is 0 Å². The summed E-state index contributed by atoms with van der Waals surface area (Å²) in [5, 5.41) is 4.01. The van der Waals surface area contributed by atoms with Crippen LogP contribution >= 0.6 is 0 Å². The molecule has 5 rings (SSSR count). The van der Waals surface area contributed by atoms with Crippen LogP contribution in [0, 0.1) is 6.01 Å². The molecule has 0 saturated heterocycles. The zero-order valence-corrected chi connectivity index (χ0v) is 16.1. The number of hydrogen-bond acceptors (Lipinski definition) is 2. The molecule has 0 amide bonds. The Hall–Kier alpha value is -3.20. The van der Waals surface area contributed by atoms with Gasteiger partial charge in [-0.2, -0.15) is 4.39 Å². The van der Waals surface area contributed by atoms with Gasteiger partial charge < -0.3 is 4.42 Å². The molecule has 0 atom stereocenters. The lowest BCUT2D eigenvalue weighted by atomic mass is 9.82. The van der Waals surface area contributed by atoms with Crippen molar-refractivity contribution < 1.29 is 8.81 Å². The summed E-state index contributed by atoms with van der Waals surface area (Å²) >= 11 is 0. The van der Waals surface area contributed by atoms with Gasteiger partial charge in [-0.25, -0.2) is 4.98 Å². The fraction of sp³-hybridized carbons (Fsp3) is 0.160. The van der Waals surface area contributed by atoms with Gasteiger partial charge in [0, 0.05) is 22.4 Å². The predicted molar refractivity (Wildman–Crippen MR) is 113 cm³/mol. The van der Waals surface area contributed by atoms with Gasteiger partial charge in [0.1, 0.15) is 5.69 Å². The van der Waals surface area contributed by atoms with Crippen molar-refractivity contribution in [1.82, 2.24) is 4.98 Å². The average molecular weight is 369 g/mol. The lowest BCUT2D eigenvalue weighted by Crippen LogP contribution is -2.12. The molecule has 0 N–H and O–H groups in total. The van der Waals surface area contributed by atoms with Crippen LogP contribution in [0.15, 0.2) is 71.1 Å². The largest absolute Gasteiger partial charge is 0.429 e. The molecule has 0 aliphatic heterocycles. The maximum absolute atomic E-state index is 14.1. The van der Waals surface area contributed by atoms with Gasteiger partial charge in [-0.3, -0.25) is 0 Å². The van der Waals surface area contributed by atoms with Crippen molar-refractivity contribution in [2.75, 3.05) is 0 Å². The number of hydrogen-bond donors (Lipinski definition) is 0. The maximum Gasteiger partial charge on any atom is 0.278 e. The third-order valence-corrected chi connectivity index (χ3v) is 5.29. The van der Waals surface area contributed by atoms with Crippen LogP contribution in [0.4, 0.5) is 4.39 Å². The Morgan fingerprint density at radius 2 is 1.54 bits per heavy atom. The first-order valence-corrected chi connectivity index (χ1v) is 9.43. The molecule has 0 aliphatic rings. The minimum Gasteiger partial charge on any atom is -0.429 e. The summed E-state index contributed by atoms with van der Waals surface area (Å²) in [7, 11) is 0. The minimum absolute atomic E-state index is 0.0417. The lowest BCUT2D eigenvalue weighted by molar-refractivity contribution is 0.381. The second-order valence-corrected chi connectivity index (χ2v) is 8.27. The Morgan fingerprint density at radius 3 is 2.32 bits per heavy atom. The first-order valence-electron chi connectivity index (χ1n) is 9.43. The molecule has 28 heavy (non-hydrogen) atoms. The van der Waals surface area contributed by atoms with E-state index in [0.717, 1.165) is 27.2 Å². The molecule has 2 nitrogen and oxygen atoms in total. The van der Waals surface area contributed by atoms with Gasteiger partial charge in [-0.1, -0.05) is 63.2 Å². The molecule has 0 radical (unpaired) electrons. The summed E-state index contributed by atoms with van der Waals surface area (Å²) in [5.41, 5.74) is 4.13. The van der Waals surface area contributed by atoms with Crippen molar-refractivity contribution in [3.05, 3.63) is 78.3 Å². The number of furan rings is 1. The summed E-state index contributed by atoms with van der Waals surface area (Å²) in [5.74, 6) is 0. The topological polar surface area (TPSA) is 26.0 Å². The van der Waals surface area contributed by atoms with E-state index in [4.69, 9.17) is 9.40 Å². The number of fused-ring (bicyclic) bond motifs is 4. The first-order chi connectivity index (χ1) is 13.4. The molecule has 0 fully saturated rings. The monoisotopic (exact) mass is 369 g/mol. The SMILES string of the molecule is CC(C)(C)c1cc(-c2nc3ccccc3c3cc(F)oc23)cc2ccccc12. The fourth-order valence-electron chi connectivity index (χ4n) is 3.97. The van der Waals surface area contributed by atoms with E-state index in [9.17, 15) is 4.39 Å². The van der Waals surface area contributed by atoms with Crippen LogP contribution in [0.3, 0.4) is 0 Å². The fourth-order valence-corrected chi connectivity index (χ4v) is 3.97. The highest BCUT2D eigenvalue weighted by atomic mass is 19.1. The van der Waals surface area contributed by atoms with E-state index < -0.39 is 6.01 Å². The van der Waals surface area contributed by atoms with Crippen molar-refractivity contribution >= 4 is 32.6 Å². The van der Waals surface area contributed by atoms with Crippen molar-refractivity contribution in [2.45, 2.75) is 26.2 Å². The molecule has 0 bridgehead atoms. The smallest absolute Gasteiger partial charge is 0.278 e. The molecule has 5 aromatic rings. The van der Waals surface area contributed by atoms with E-state index >= 15 is 0 Å². The number of rotatable bonds is 1. The lowest BCUT2D eigenvalue weighted by Gasteiger charge is -2.22. The molecule has 3 aromatic carbocycles.